The Balaban J connectivity index is 2.50. The molecule has 0 heterocycles. The zero-order valence-electron chi connectivity index (χ0n) is 11.7. The second kappa shape index (κ2) is 4.92. The molecule has 0 amide bonds. The molecule has 1 aliphatic carbocycles. The first-order valence-electron chi connectivity index (χ1n) is 6.54. The average Bonchev–Trinajstić information content (AvgIpc) is 2.53. The van der Waals surface area contributed by atoms with Gasteiger partial charge in [0.05, 0.1) is 11.1 Å². The standard InChI is InChI=1S/C16H8O8/c17-11-5-3-1-2-4-6(5)12(18)8-7(11)13(19)9(15(21)22)10(14(8)20)16(23)24/h1-4,19-20H,(H,21,22)(H,23,24). The molecule has 0 unspecified atom stereocenters. The van der Waals surface area contributed by atoms with Gasteiger partial charge in [0.2, 0.25) is 0 Å². The average molecular weight is 328 g/mol. The highest BCUT2D eigenvalue weighted by molar-refractivity contribution is 6.32. The van der Waals surface area contributed by atoms with E-state index in [2.05, 4.69) is 0 Å². The lowest BCUT2D eigenvalue weighted by Crippen LogP contribution is -2.24. The molecule has 3 rings (SSSR count). The summed E-state index contributed by atoms with van der Waals surface area (Å²) in [6.45, 7) is 0. The number of fused-ring (bicyclic) bond motifs is 2. The van der Waals surface area contributed by atoms with Crippen molar-refractivity contribution in [2.75, 3.05) is 0 Å². The maximum atomic E-state index is 12.5. The van der Waals surface area contributed by atoms with Crippen LogP contribution in [0.1, 0.15) is 52.6 Å². The van der Waals surface area contributed by atoms with Crippen molar-refractivity contribution in [2.45, 2.75) is 0 Å². The second-order valence-corrected chi connectivity index (χ2v) is 5.01. The summed E-state index contributed by atoms with van der Waals surface area (Å²) in [5.41, 5.74) is -3.91. The summed E-state index contributed by atoms with van der Waals surface area (Å²) in [7, 11) is 0. The molecule has 0 spiro atoms. The number of benzene rings is 2. The lowest BCUT2D eigenvalue weighted by Gasteiger charge is -2.21. The van der Waals surface area contributed by atoms with E-state index in [0.717, 1.165) is 0 Å². The van der Waals surface area contributed by atoms with E-state index in [1.807, 2.05) is 0 Å². The van der Waals surface area contributed by atoms with E-state index < -0.39 is 57.3 Å². The zero-order chi connectivity index (χ0) is 17.8. The third-order valence-electron chi connectivity index (χ3n) is 3.75. The first-order chi connectivity index (χ1) is 11.3. The highest BCUT2D eigenvalue weighted by Gasteiger charge is 2.40. The molecule has 0 saturated carbocycles. The van der Waals surface area contributed by atoms with E-state index in [1.54, 1.807) is 0 Å². The molecule has 2 aromatic carbocycles. The number of phenols is 2. The van der Waals surface area contributed by atoms with Gasteiger partial charge >= 0.3 is 11.9 Å². The smallest absolute Gasteiger partial charge is 0.340 e. The lowest BCUT2D eigenvalue weighted by molar-refractivity contribution is 0.0644. The maximum absolute atomic E-state index is 12.5. The summed E-state index contributed by atoms with van der Waals surface area (Å²) >= 11 is 0. The second-order valence-electron chi connectivity index (χ2n) is 5.01. The van der Waals surface area contributed by atoms with Crippen molar-refractivity contribution in [2.24, 2.45) is 0 Å². The van der Waals surface area contributed by atoms with Gasteiger partial charge in [-0.05, 0) is 0 Å². The Morgan fingerprint density at radius 1 is 0.708 bits per heavy atom. The van der Waals surface area contributed by atoms with Crippen LogP contribution in [0.25, 0.3) is 0 Å². The fourth-order valence-corrected chi connectivity index (χ4v) is 2.73. The van der Waals surface area contributed by atoms with E-state index >= 15 is 0 Å². The highest BCUT2D eigenvalue weighted by atomic mass is 16.4. The quantitative estimate of drug-likeness (QED) is 0.514. The van der Waals surface area contributed by atoms with Gasteiger partial charge in [-0.3, -0.25) is 9.59 Å². The molecule has 0 radical (unpaired) electrons. The summed E-state index contributed by atoms with van der Waals surface area (Å²) in [5, 5.41) is 38.6. The Hall–Kier alpha value is -3.68. The number of aromatic hydroxyl groups is 2. The molecular weight excluding hydrogens is 320 g/mol. The molecule has 0 bridgehead atoms. The number of rotatable bonds is 2. The van der Waals surface area contributed by atoms with Crippen molar-refractivity contribution in [1.82, 2.24) is 0 Å². The Kier molecular flexibility index (Phi) is 3.12. The predicted molar refractivity (Wildman–Crippen MR) is 77.0 cm³/mol. The molecule has 120 valence electrons. The summed E-state index contributed by atoms with van der Waals surface area (Å²) in [4.78, 5) is 47.6. The fourth-order valence-electron chi connectivity index (χ4n) is 2.73. The molecule has 4 N–H and O–H groups in total. The van der Waals surface area contributed by atoms with E-state index in [9.17, 15) is 29.4 Å². The number of carbonyl (C=O) groups excluding carboxylic acids is 2. The van der Waals surface area contributed by atoms with Gasteiger partial charge in [0.25, 0.3) is 0 Å². The van der Waals surface area contributed by atoms with Crippen LogP contribution < -0.4 is 0 Å². The monoisotopic (exact) mass is 328 g/mol. The molecule has 0 fully saturated rings. The van der Waals surface area contributed by atoms with Gasteiger partial charge in [-0.1, -0.05) is 24.3 Å². The van der Waals surface area contributed by atoms with Crippen LogP contribution in [-0.2, 0) is 0 Å². The minimum absolute atomic E-state index is 0.0795. The Bertz CT molecular complexity index is 893. The number of hydrogen-bond donors (Lipinski definition) is 4. The van der Waals surface area contributed by atoms with E-state index in [4.69, 9.17) is 10.2 Å². The third kappa shape index (κ3) is 1.80. The number of aromatic carboxylic acids is 2. The zero-order valence-corrected chi connectivity index (χ0v) is 11.7. The molecule has 8 heteroatoms. The number of carboxylic acids is 2. The molecule has 0 aliphatic heterocycles. The van der Waals surface area contributed by atoms with Crippen LogP contribution in [0.3, 0.4) is 0 Å². The van der Waals surface area contributed by atoms with Gasteiger partial charge in [-0.15, -0.1) is 0 Å². The number of carboxylic acid groups (broad SMARTS) is 2. The third-order valence-corrected chi connectivity index (χ3v) is 3.75. The van der Waals surface area contributed by atoms with Crippen molar-refractivity contribution >= 4 is 23.5 Å². The maximum Gasteiger partial charge on any atom is 0.340 e. The van der Waals surface area contributed by atoms with Gasteiger partial charge in [-0.2, -0.15) is 0 Å². The van der Waals surface area contributed by atoms with Gasteiger partial charge in [0.15, 0.2) is 11.6 Å². The Morgan fingerprint density at radius 3 is 1.33 bits per heavy atom. The molecule has 8 nitrogen and oxygen atoms in total. The summed E-state index contributed by atoms with van der Waals surface area (Å²) in [6.07, 6.45) is 0. The molecule has 2 aromatic rings. The van der Waals surface area contributed by atoms with Crippen LogP contribution in [0, 0.1) is 0 Å². The summed E-state index contributed by atoms with van der Waals surface area (Å²) < 4.78 is 0. The van der Waals surface area contributed by atoms with Crippen LogP contribution in [0.2, 0.25) is 0 Å². The largest absolute Gasteiger partial charge is 0.506 e. The molecule has 24 heavy (non-hydrogen) atoms. The summed E-state index contributed by atoms with van der Waals surface area (Å²) in [6, 6.07) is 5.55. The first-order valence-corrected chi connectivity index (χ1v) is 6.54. The van der Waals surface area contributed by atoms with Gasteiger partial charge in [0, 0.05) is 11.1 Å². The van der Waals surface area contributed by atoms with Crippen molar-refractivity contribution in [1.29, 1.82) is 0 Å². The van der Waals surface area contributed by atoms with E-state index in [1.165, 1.54) is 24.3 Å². The lowest BCUT2D eigenvalue weighted by atomic mass is 9.80. The number of carbonyl (C=O) groups is 4. The van der Waals surface area contributed by atoms with Gasteiger partial charge in [0.1, 0.15) is 22.6 Å². The van der Waals surface area contributed by atoms with Crippen molar-refractivity contribution in [3.05, 3.63) is 57.6 Å². The number of hydrogen-bond acceptors (Lipinski definition) is 6. The first kappa shape index (κ1) is 15.2. The van der Waals surface area contributed by atoms with Crippen LogP contribution in [0.5, 0.6) is 11.5 Å². The molecule has 0 aromatic heterocycles. The van der Waals surface area contributed by atoms with Crippen LogP contribution in [0.4, 0.5) is 0 Å². The molecule has 0 atom stereocenters. The fraction of sp³-hybridized carbons (Fsp3) is 0. The highest BCUT2D eigenvalue weighted by Crippen LogP contribution is 2.42. The van der Waals surface area contributed by atoms with E-state index in [0.29, 0.717) is 0 Å². The van der Waals surface area contributed by atoms with Crippen molar-refractivity contribution in [3.63, 3.8) is 0 Å². The minimum atomic E-state index is -1.86. The minimum Gasteiger partial charge on any atom is -0.506 e. The van der Waals surface area contributed by atoms with Gasteiger partial charge < -0.3 is 20.4 Å². The molecular formula is C16H8O8. The summed E-state index contributed by atoms with van der Waals surface area (Å²) in [5.74, 6) is -7.81. The predicted octanol–water partition coefficient (Wildman–Crippen LogP) is 1.27. The van der Waals surface area contributed by atoms with Crippen LogP contribution >= 0.6 is 0 Å². The normalized spacial score (nSPS) is 12.5. The number of ketones is 2. The van der Waals surface area contributed by atoms with Crippen molar-refractivity contribution in [3.8, 4) is 11.5 Å². The molecule has 0 saturated heterocycles. The van der Waals surface area contributed by atoms with Crippen LogP contribution in [0.15, 0.2) is 24.3 Å². The van der Waals surface area contributed by atoms with Gasteiger partial charge in [-0.25, -0.2) is 9.59 Å². The Labute approximate surface area is 133 Å². The van der Waals surface area contributed by atoms with E-state index in [-0.39, 0.29) is 11.1 Å². The van der Waals surface area contributed by atoms with Crippen LogP contribution in [-0.4, -0.2) is 43.9 Å². The Morgan fingerprint density at radius 2 is 1.04 bits per heavy atom. The molecule has 1 aliphatic rings. The van der Waals surface area contributed by atoms with Crippen molar-refractivity contribution < 1.29 is 39.6 Å². The topological polar surface area (TPSA) is 149 Å². The SMILES string of the molecule is O=C(O)c1c(O)c2c(c(O)c1C(=O)O)C(=O)c1ccccc1C2=O.